The lowest BCUT2D eigenvalue weighted by Gasteiger charge is -2.27. The molecule has 3 rings (SSSR count). The highest BCUT2D eigenvalue weighted by Crippen LogP contribution is 2.30. The average molecular weight is 291 g/mol. The molecule has 0 unspecified atom stereocenters. The van der Waals surface area contributed by atoms with Crippen molar-refractivity contribution in [3.8, 4) is 0 Å². The van der Waals surface area contributed by atoms with E-state index in [1.54, 1.807) is 18.3 Å². The molecule has 6 heteroatoms. The summed E-state index contributed by atoms with van der Waals surface area (Å²) in [5.41, 5.74) is 3.03. The molecule has 20 heavy (non-hydrogen) atoms. The third-order valence-electron chi connectivity index (χ3n) is 3.82. The van der Waals surface area contributed by atoms with Crippen LogP contribution in [0.25, 0.3) is 0 Å². The van der Waals surface area contributed by atoms with Gasteiger partial charge >= 0.3 is 0 Å². The third-order valence-corrected chi connectivity index (χ3v) is 5.61. The number of H-pyrrole nitrogens is 1. The average Bonchev–Trinajstić information content (AvgIpc) is 2.89. The van der Waals surface area contributed by atoms with Crippen LogP contribution in [0.4, 0.5) is 5.82 Å². The molecule has 1 aliphatic rings. The number of rotatable bonds is 2. The quantitative estimate of drug-likeness (QED) is 0.922. The van der Waals surface area contributed by atoms with Crippen molar-refractivity contribution in [2.45, 2.75) is 31.6 Å². The van der Waals surface area contributed by atoms with Crippen molar-refractivity contribution in [1.82, 2.24) is 10.2 Å². The van der Waals surface area contributed by atoms with Crippen LogP contribution in [0.5, 0.6) is 0 Å². The van der Waals surface area contributed by atoms with Gasteiger partial charge in [0.2, 0.25) is 0 Å². The first kappa shape index (κ1) is 13.2. The van der Waals surface area contributed by atoms with E-state index in [0.717, 1.165) is 29.5 Å². The summed E-state index contributed by atoms with van der Waals surface area (Å²) >= 11 is 0. The van der Waals surface area contributed by atoms with Crippen molar-refractivity contribution in [3.05, 3.63) is 41.1 Å². The molecule has 5 nitrogen and oxygen atoms in total. The van der Waals surface area contributed by atoms with Crippen molar-refractivity contribution in [3.63, 3.8) is 0 Å². The minimum Gasteiger partial charge on any atom is -0.262 e. The first-order chi connectivity index (χ1) is 9.50. The number of nitrogens with one attached hydrogen (secondary N) is 1. The molecule has 1 N–H and O–H groups in total. The van der Waals surface area contributed by atoms with Gasteiger partial charge < -0.3 is 0 Å². The van der Waals surface area contributed by atoms with Crippen molar-refractivity contribution in [2.75, 3.05) is 10.8 Å². The van der Waals surface area contributed by atoms with Crippen LogP contribution in [0.1, 0.15) is 23.1 Å². The number of fused-ring (bicyclic) bond motifs is 1. The first-order valence-electron chi connectivity index (χ1n) is 6.62. The normalized spacial score (nSPS) is 15.2. The molecule has 0 amide bonds. The van der Waals surface area contributed by atoms with Crippen molar-refractivity contribution in [1.29, 1.82) is 0 Å². The molecule has 0 aliphatic carbocycles. The fourth-order valence-electron chi connectivity index (χ4n) is 2.47. The zero-order valence-corrected chi connectivity index (χ0v) is 12.4. The Hall–Kier alpha value is -1.82. The second kappa shape index (κ2) is 4.63. The van der Waals surface area contributed by atoms with Crippen LogP contribution in [0, 0.1) is 13.8 Å². The SMILES string of the molecule is Cc1ccc(S(=O)(=O)N2CCCc3cn[nH]c32)cc1C. The molecule has 1 aromatic carbocycles. The molecule has 0 fully saturated rings. The highest BCUT2D eigenvalue weighted by Gasteiger charge is 2.30. The Morgan fingerprint density at radius 2 is 2.05 bits per heavy atom. The number of anilines is 1. The maximum absolute atomic E-state index is 12.8. The number of aromatic amines is 1. The van der Waals surface area contributed by atoms with E-state index >= 15 is 0 Å². The van der Waals surface area contributed by atoms with Crippen molar-refractivity contribution < 1.29 is 8.42 Å². The van der Waals surface area contributed by atoms with Crippen LogP contribution in [-0.2, 0) is 16.4 Å². The Labute approximate surface area is 118 Å². The van der Waals surface area contributed by atoms with Crippen LogP contribution in [-0.4, -0.2) is 25.2 Å². The van der Waals surface area contributed by atoms with E-state index in [0.29, 0.717) is 17.3 Å². The number of aromatic nitrogens is 2. The lowest BCUT2D eigenvalue weighted by Crippen LogP contribution is -2.35. The summed E-state index contributed by atoms with van der Waals surface area (Å²) in [6.07, 6.45) is 3.39. The van der Waals surface area contributed by atoms with Gasteiger partial charge in [0, 0.05) is 12.1 Å². The van der Waals surface area contributed by atoms with Gasteiger partial charge in [0.15, 0.2) is 0 Å². The van der Waals surface area contributed by atoms with E-state index in [4.69, 9.17) is 0 Å². The highest BCUT2D eigenvalue weighted by atomic mass is 32.2. The number of hydrogen-bond acceptors (Lipinski definition) is 3. The molecule has 0 radical (unpaired) electrons. The summed E-state index contributed by atoms with van der Waals surface area (Å²) in [7, 11) is -3.52. The molecule has 106 valence electrons. The fourth-order valence-corrected chi connectivity index (χ4v) is 4.06. The Morgan fingerprint density at radius 1 is 1.25 bits per heavy atom. The van der Waals surface area contributed by atoms with Gasteiger partial charge in [-0.15, -0.1) is 0 Å². The standard InChI is InChI=1S/C14H17N3O2S/c1-10-5-6-13(8-11(10)2)20(18,19)17-7-3-4-12-9-15-16-14(12)17/h5-6,8-9H,3-4,7H2,1-2H3,(H,15,16). The molecule has 0 saturated carbocycles. The Kier molecular flexibility index (Phi) is 3.05. The largest absolute Gasteiger partial charge is 0.265 e. The summed E-state index contributed by atoms with van der Waals surface area (Å²) in [4.78, 5) is 0.336. The molecule has 0 spiro atoms. The zero-order chi connectivity index (χ0) is 14.3. The van der Waals surface area contributed by atoms with E-state index in [1.165, 1.54) is 4.31 Å². The fraction of sp³-hybridized carbons (Fsp3) is 0.357. The molecular formula is C14H17N3O2S. The summed E-state index contributed by atoms with van der Waals surface area (Å²) in [5, 5.41) is 6.77. The lowest BCUT2D eigenvalue weighted by molar-refractivity contribution is 0.585. The predicted molar refractivity (Wildman–Crippen MR) is 77.4 cm³/mol. The van der Waals surface area contributed by atoms with Gasteiger partial charge in [0.05, 0.1) is 11.1 Å². The third kappa shape index (κ3) is 2.00. The molecule has 1 aromatic heterocycles. The second-order valence-corrected chi connectivity index (χ2v) is 7.03. The van der Waals surface area contributed by atoms with E-state index in [-0.39, 0.29) is 0 Å². The van der Waals surface area contributed by atoms with E-state index in [1.807, 2.05) is 19.9 Å². The highest BCUT2D eigenvalue weighted by molar-refractivity contribution is 7.92. The predicted octanol–water partition coefficient (Wildman–Crippen LogP) is 2.17. The smallest absolute Gasteiger partial charge is 0.262 e. The van der Waals surface area contributed by atoms with Gasteiger partial charge in [-0.2, -0.15) is 5.10 Å². The number of aryl methyl sites for hydroxylation is 3. The van der Waals surface area contributed by atoms with Gasteiger partial charge in [-0.3, -0.25) is 5.10 Å². The summed E-state index contributed by atoms with van der Waals surface area (Å²) in [6, 6.07) is 5.25. The van der Waals surface area contributed by atoms with Crippen LogP contribution in [0.2, 0.25) is 0 Å². The van der Waals surface area contributed by atoms with Crippen LogP contribution in [0.15, 0.2) is 29.3 Å². The van der Waals surface area contributed by atoms with Crippen LogP contribution >= 0.6 is 0 Å². The molecule has 0 saturated heterocycles. The summed E-state index contributed by atoms with van der Waals surface area (Å²) in [6.45, 7) is 4.39. The van der Waals surface area contributed by atoms with Gasteiger partial charge in [-0.25, -0.2) is 12.7 Å². The van der Waals surface area contributed by atoms with Gasteiger partial charge in [0.25, 0.3) is 10.0 Å². The Bertz CT molecular complexity index is 750. The molecule has 1 aliphatic heterocycles. The second-order valence-electron chi connectivity index (χ2n) is 5.17. The number of sulfonamides is 1. The maximum atomic E-state index is 12.8. The van der Waals surface area contributed by atoms with Crippen molar-refractivity contribution in [2.24, 2.45) is 0 Å². The van der Waals surface area contributed by atoms with Gasteiger partial charge in [-0.1, -0.05) is 6.07 Å². The van der Waals surface area contributed by atoms with E-state index < -0.39 is 10.0 Å². The number of hydrogen-bond donors (Lipinski definition) is 1. The van der Waals surface area contributed by atoms with E-state index in [2.05, 4.69) is 10.2 Å². The molecule has 2 heterocycles. The lowest BCUT2D eigenvalue weighted by atomic mass is 10.1. The minimum absolute atomic E-state index is 0.336. The Morgan fingerprint density at radius 3 is 2.80 bits per heavy atom. The number of nitrogens with zero attached hydrogens (tertiary/aromatic N) is 2. The molecular weight excluding hydrogens is 274 g/mol. The van der Waals surface area contributed by atoms with Crippen LogP contribution in [0.3, 0.4) is 0 Å². The molecule has 0 bridgehead atoms. The Balaban J connectivity index is 2.07. The first-order valence-corrected chi connectivity index (χ1v) is 8.06. The topological polar surface area (TPSA) is 66.1 Å². The zero-order valence-electron chi connectivity index (χ0n) is 11.5. The summed E-state index contributed by atoms with van der Waals surface area (Å²) < 4.78 is 27.0. The van der Waals surface area contributed by atoms with Crippen molar-refractivity contribution >= 4 is 15.8 Å². The monoisotopic (exact) mass is 291 g/mol. The number of benzene rings is 1. The molecule has 0 atom stereocenters. The van der Waals surface area contributed by atoms with E-state index in [9.17, 15) is 8.42 Å². The maximum Gasteiger partial charge on any atom is 0.265 e. The van der Waals surface area contributed by atoms with Gasteiger partial charge in [-0.05, 0) is 49.9 Å². The summed E-state index contributed by atoms with van der Waals surface area (Å²) in [5.74, 6) is 0.606. The van der Waals surface area contributed by atoms with Crippen LogP contribution < -0.4 is 4.31 Å². The molecule has 2 aromatic rings. The van der Waals surface area contributed by atoms with Gasteiger partial charge in [0.1, 0.15) is 5.82 Å². The minimum atomic E-state index is -3.52.